The molecule has 9 heteroatoms. The number of esters is 1. The predicted octanol–water partition coefficient (Wildman–Crippen LogP) is 4.88. The summed E-state index contributed by atoms with van der Waals surface area (Å²) in [7, 11) is 0. The molecule has 0 aliphatic carbocycles. The van der Waals surface area contributed by atoms with Gasteiger partial charge in [0.1, 0.15) is 0 Å². The first kappa shape index (κ1) is 22.0. The van der Waals surface area contributed by atoms with Crippen molar-refractivity contribution in [3.63, 3.8) is 0 Å². The number of carbonyl (C=O) groups excluding carboxylic acids is 1. The van der Waals surface area contributed by atoms with Gasteiger partial charge in [0.05, 0.1) is 38.8 Å². The molecule has 4 aromatic rings. The average Bonchev–Trinajstić information content (AvgIpc) is 3.04. The summed E-state index contributed by atoms with van der Waals surface area (Å²) in [6.45, 7) is 5.37. The second kappa shape index (κ2) is 8.76. The van der Waals surface area contributed by atoms with Crippen molar-refractivity contribution in [2.45, 2.75) is 33.3 Å². The molecule has 0 saturated heterocycles. The summed E-state index contributed by atoms with van der Waals surface area (Å²) < 4.78 is 7.27. The minimum atomic E-state index is -0.717. The van der Waals surface area contributed by atoms with Gasteiger partial charge in [-0.1, -0.05) is 35.3 Å². The number of hydrogen-bond donors (Lipinski definition) is 1. The lowest BCUT2D eigenvalue weighted by atomic mass is 10.1. The van der Waals surface area contributed by atoms with Gasteiger partial charge in [-0.25, -0.2) is 9.67 Å². The van der Waals surface area contributed by atoms with Crippen LogP contribution in [0.3, 0.4) is 0 Å². The molecule has 1 atom stereocenters. The van der Waals surface area contributed by atoms with Gasteiger partial charge < -0.3 is 9.72 Å². The van der Waals surface area contributed by atoms with E-state index in [-0.39, 0.29) is 12.0 Å². The molecule has 2 aromatic carbocycles. The maximum atomic E-state index is 12.7. The first-order valence-electron chi connectivity index (χ1n) is 9.93. The topological polar surface area (TPSA) is 89.9 Å². The Bertz CT molecular complexity index is 1390. The van der Waals surface area contributed by atoms with Crippen molar-refractivity contribution in [2.24, 2.45) is 0 Å². The zero-order valence-corrected chi connectivity index (χ0v) is 19.2. The van der Waals surface area contributed by atoms with E-state index in [0.717, 1.165) is 16.9 Å². The van der Waals surface area contributed by atoms with Crippen molar-refractivity contribution < 1.29 is 9.53 Å². The number of aryl methyl sites for hydroxylation is 1. The minimum Gasteiger partial charge on any atom is -0.454 e. The lowest BCUT2D eigenvalue weighted by Gasteiger charge is -2.13. The number of para-hydroxylation sites is 1. The van der Waals surface area contributed by atoms with E-state index in [0.29, 0.717) is 32.5 Å². The van der Waals surface area contributed by atoms with Crippen LogP contribution in [-0.4, -0.2) is 25.7 Å². The first-order chi connectivity index (χ1) is 15.2. The Hall–Kier alpha value is -3.16. The van der Waals surface area contributed by atoms with Crippen LogP contribution in [0.2, 0.25) is 10.0 Å². The number of ether oxygens (including phenoxy) is 1. The highest BCUT2D eigenvalue weighted by molar-refractivity contribution is 6.42. The summed E-state index contributed by atoms with van der Waals surface area (Å²) in [5.74, 6) is -0.157. The summed E-state index contributed by atoms with van der Waals surface area (Å²) in [5.41, 5.74) is 3.27. The van der Waals surface area contributed by atoms with Crippen LogP contribution in [0.4, 0.5) is 0 Å². The molecule has 0 bridgehead atoms. The third-order valence-electron chi connectivity index (χ3n) is 5.23. The second-order valence-electron chi connectivity index (χ2n) is 7.44. The molecule has 0 aliphatic rings. The molecule has 0 radical (unpaired) electrons. The number of nitrogens with one attached hydrogen (secondary N) is 1. The lowest BCUT2D eigenvalue weighted by molar-refractivity contribution is -0.148. The van der Waals surface area contributed by atoms with Gasteiger partial charge in [-0.15, -0.1) is 0 Å². The van der Waals surface area contributed by atoms with Crippen LogP contribution < -0.4 is 5.56 Å². The molecule has 1 N–H and O–H groups in total. The van der Waals surface area contributed by atoms with Gasteiger partial charge in [-0.05, 0) is 51.1 Å². The maximum Gasteiger partial charge on any atom is 0.311 e. The Labute approximate surface area is 194 Å². The average molecular weight is 471 g/mol. The Morgan fingerprint density at radius 3 is 2.66 bits per heavy atom. The van der Waals surface area contributed by atoms with Crippen LogP contribution in [0.25, 0.3) is 16.6 Å². The summed E-state index contributed by atoms with van der Waals surface area (Å²) >= 11 is 12.1. The van der Waals surface area contributed by atoms with E-state index in [1.807, 2.05) is 13.8 Å². The Morgan fingerprint density at radius 2 is 1.91 bits per heavy atom. The number of aromatic amines is 1. The number of halogens is 2. The van der Waals surface area contributed by atoms with Crippen molar-refractivity contribution in [1.29, 1.82) is 0 Å². The van der Waals surface area contributed by atoms with Crippen LogP contribution in [0.5, 0.6) is 0 Å². The highest BCUT2D eigenvalue weighted by Crippen LogP contribution is 2.26. The van der Waals surface area contributed by atoms with Gasteiger partial charge in [0.25, 0.3) is 5.56 Å². The van der Waals surface area contributed by atoms with Crippen molar-refractivity contribution >= 4 is 40.1 Å². The minimum absolute atomic E-state index is 0.0289. The van der Waals surface area contributed by atoms with Gasteiger partial charge in [0, 0.05) is 11.3 Å². The van der Waals surface area contributed by atoms with E-state index in [2.05, 4.69) is 15.1 Å². The number of aromatic nitrogens is 4. The second-order valence-corrected chi connectivity index (χ2v) is 8.25. The summed E-state index contributed by atoms with van der Waals surface area (Å²) in [6.07, 6.45) is -0.688. The number of benzene rings is 2. The van der Waals surface area contributed by atoms with E-state index in [1.54, 1.807) is 54.1 Å². The number of rotatable bonds is 5. The molecular formula is C23H20Cl2N4O3. The van der Waals surface area contributed by atoms with Crippen LogP contribution >= 0.6 is 23.2 Å². The normalized spacial score (nSPS) is 12.2. The van der Waals surface area contributed by atoms with E-state index < -0.39 is 12.1 Å². The molecular weight excluding hydrogens is 451 g/mol. The van der Waals surface area contributed by atoms with E-state index >= 15 is 0 Å². The van der Waals surface area contributed by atoms with Gasteiger partial charge in [-0.3, -0.25) is 9.59 Å². The fourth-order valence-electron chi connectivity index (χ4n) is 3.54. The largest absolute Gasteiger partial charge is 0.454 e. The molecule has 0 spiro atoms. The molecule has 164 valence electrons. The monoisotopic (exact) mass is 470 g/mol. The van der Waals surface area contributed by atoms with Crippen LogP contribution in [0.1, 0.15) is 35.8 Å². The molecule has 0 saturated carbocycles. The number of nitrogens with zero attached hydrogens (tertiary/aromatic N) is 3. The number of fused-ring (bicyclic) bond motifs is 1. The van der Waals surface area contributed by atoms with Crippen LogP contribution in [-0.2, 0) is 16.0 Å². The van der Waals surface area contributed by atoms with Crippen molar-refractivity contribution in [3.8, 4) is 5.69 Å². The number of hydrogen-bond acceptors (Lipinski definition) is 5. The van der Waals surface area contributed by atoms with Crippen molar-refractivity contribution in [3.05, 3.63) is 85.6 Å². The van der Waals surface area contributed by atoms with Gasteiger partial charge in [0.2, 0.25) is 0 Å². The highest BCUT2D eigenvalue weighted by atomic mass is 35.5. The van der Waals surface area contributed by atoms with E-state index in [4.69, 9.17) is 27.9 Å². The highest BCUT2D eigenvalue weighted by Gasteiger charge is 2.20. The fraction of sp³-hybridized carbons (Fsp3) is 0.217. The molecule has 0 amide bonds. The maximum absolute atomic E-state index is 12.7. The van der Waals surface area contributed by atoms with Crippen molar-refractivity contribution in [2.75, 3.05) is 0 Å². The number of H-pyrrole nitrogens is 1. The molecule has 32 heavy (non-hydrogen) atoms. The molecule has 2 aromatic heterocycles. The predicted molar refractivity (Wildman–Crippen MR) is 124 cm³/mol. The molecule has 0 aliphatic heterocycles. The zero-order chi connectivity index (χ0) is 23.0. The van der Waals surface area contributed by atoms with Crippen LogP contribution in [0, 0.1) is 13.8 Å². The van der Waals surface area contributed by atoms with Crippen LogP contribution in [0.15, 0.2) is 47.3 Å². The molecule has 0 fully saturated rings. The Balaban J connectivity index is 1.54. The van der Waals surface area contributed by atoms with Gasteiger partial charge >= 0.3 is 5.97 Å². The molecule has 7 nitrogen and oxygen atoms in total. The summed E-state index contributed by atoms with van der Waals surface area (Å²) in [6, 6.07) is 12.2. The quantitative estimate of drug-likeness (QED) is 0.419. The molecule has 4 rings (SSSR count). The SMILES string of the molecule is Cc1nn(-c2ccc(Cl)c(Cl)c2)c(C)c1CC(=O)OC(C)c1nc2ccccc2c(=O)[nH]1. The third kappa shape index (κ3) is 4.26. The summed E-state index contributed by atoms with van der Waals surface area (Å²) in [5, 5.41) is 5.89. The summed E-state index contributed by atoms with van der Waals surface area (Å²) in [4.78, 5) is 32.1. The zero-order valence-electron chi connectivity index (χ0n) is 17.6. The van der Waals surface area contributed by atoms with Gasteiger partial charge in [-0.2, -0.15) is 5.10 Å². The van der Waals surface area contributed by atoms with E-state index in [9.17, 15) is 9.59 Å². The van der Waals surface area contributed by atoms with Gasteiger partial charge in [0.15, 0.2) is 11.9 Å². The van der Waals surface area contributed by atoms with Crippen molar-refractivity contribution in [1.82, 2.24) is 19.7 Å². The Morgan fingerprint density at radius 1 is 1.16 bits per heavy atom. The first-order valence-corrected chi connectivity index (χ1v) is 10.7. The number of carbonyl (C=O) groups is 1. The molecule has 2 heterocycles. The van der Waals surface area contributed by atoms with E-state index in [1.165, 1.54) is 0 Å². The standard InChI is InChI=1S/C23H20Cl2N4O3/c1-12-17(13(2)29(28-12)15-8-9-18(24)19(25)10-15)11-21(30)32-14(3)22-26-20-7-5-4-6-16(20)23(31)27-22/h4-10,14H,11H2,1-3H3,(H,26,27,31). The fourth-order valence-corrected chi connectivity index (χ4v) is 3.83. The third-order valence-corrected chi connectivity index (χ3v) is 5.97. The Kier molecular flexibility index (Phi) is 6.04. The lowest BCUT2D eigenvalue weighted by Crippen LogP contribution is -2.18. The smallest absolute Gasteiger partial charge is 0.311 e. The molecule has 1 unspecified atom stereocenters.